The number of carbonyl (C=O) groups is 1. The molecule has 5 heteroatoms. The van der Waals surface area contributed by atoms with Gasteiger partial charge in [-0.3, -0.25) is 4.79 Å². The average Bonchev–Trinajstić information content (AvgIpc) is 2.97. The lowest BCUT2D eigenvalue weighted by atomic mass is 9.92. The number of nitrogens with zero attached hydrogens (tertiary/aromatic N) is 1. The summed E-state index contributed by atoms with van der Waals surface area (Å²) in [7, 11) is 0. The summed E-state index contributed by atoms with van der Waals surface area (Å²) < 4.78 is 5.76. The van der Waals surface area contributed by atoms with Crippen LogP contribution in [0.15, 0.2) is 34.7 Å². The molecule has 0 saturated carbocycles. The molecular formula is C18H21ClN2O2. The van der Waals surface area contributed by atoms with Crippen LogP contribution in [0.3, 0.4) is 0 Å². The number of amides is 1. The van der Waals surface area contributed by atoms with Crippen molar-refractivity contribution < 1.29 is 9.21 Å². The highest BCUT2D eigenvalue weighted by Crippen LogP contribution is 2.32. The molecular weight excluding hydrogens is 312 g/mol. The van der Waals surface area contributed by atoms with Gasteiger partial charge >= 0.3 is 0 Å². The number of likely N-dealkylation sites (tertiary alicyclic amines) is 1. The Morgan fingerprint density at radius 2 is 1.91 bits per heavy atom. The van der Waals surface area contributed by atoms with Gasteiger partial charge in [-0.2, -0.15) is 0 Å². The van der Waals surface area contributed by atoms with Crippen molar-refractivity contribution >= 4 is 23.2 Å². The van der Waals surface area contributed by atoms with Crippen molar-refractivity contribution in [2.45, 2.75) is 20.3 Å². The third kappa shape index (κ3) is 3.37. The molecule has 4 nitrogen and oxygen atoms in total. The van der Waals surface area contributed by atoms with Gasteiger partial charge in [-0.05, 0) is 48.6 Å². The molecule has 122 valence electrons. The number of hydrogen-bond acceptors (Lipinski definition) is 3. The number of nitrogens with two attached hydrogens (primary N) is 1. The Labute approximate surface area is 141 Å². The van der Waals surface area contributed by atoms with Gasteiger partial charge < -0.3 is 15.1 Å². The number of hydrogen-bond donors (Lipinski definition) is 1. The number of carbonyl (C=O) groups excluding carboxylic acids is 1. The lowest BCUT2D eigenvalue weighted by Gasteiger charge is -2.34. The quantitative estimate of drug-likeness (QED) is 0.834. The van der Waals surface area contributed by atoms with Crippen LogP contribution in [-0.4, -0.2) is 23.9 Å². The largest absolute Gasteiger partial charge is 0.451 e. The Balaban J connectivity index is 1.84. The molecule has 0 aliphatic carbocycles. The molecule has 1 aromatic heterocycles. The number of furan rings is 1. The van der Waals surface area contributed by atoms with Crippen LogP contribution in [0, 0.1) is 11.8 Å². The summed E-state index contributed by atoms with van der Waals surface area (Å²) in [6, 6.07) is 8.69. The van der Waals surface area contributed by atoms with E-state index in [1.165, 1.54) is 0 Å². The van der Waals surface area contributed by atoms with Crippen molar-refractivity contribution in [2.24, 2.45) is 11.8 Å². The minimum atomic E-state index is -0.0605. The Kier molecular flexibility index (Phi) is 4.35. The van der Waals surface area contributed by atoms with Crippen molar-refractivity contribution in [1.82, 2.24) is 4.90 Å². The van der Waals surface area contributed by atoms with Crippen LogP contribution in [0.25, 0.3) is 11.3 Å². The molecule has 1 fully saturated rings. The van der Waals surface area contributed by atoms with Crippen molar-refractivity contribution in [2.75, 3.05) is 18.8 Å². The topological polar surface area (TPSA) is 59.5 Å². The summed E-state index contributed by atoms with van der Waals surface area (Å²) in [5, 5.41) is 0.549. The first-order chi connectivity index (χ1) is 10.9. The second-order valence-electron chi connectivity index (χ2n) is 6.56. The highest BCUT2D eigenvalue weighted by molar-refractivity contribution is 6.33. The summed E-state index contributed by atoms with van der Waals surface area (Å²) in [5.74, 6) is 1.87. The standard InChI is InChI=1S/C18H21ClN2O2/c1-11-7-12(2)10-21(9-11)18(22)17-6-5-16(23-17)14-8-13(20)3-4-15(14)19/h3-6,8,11-12H,7,9-10,20H2,1-2H3. The van der Waals surface area contributed by atoms with E-state index in [0.29, 0.717) is 39.6 Å². The van der Waals surface area contributed by atoms with Gasteiger partial charge in [0.15, 0.2) is 5.76 Å². The summed E-state index contributed by atoms with van der Waals surface area (Å²) >= 11 is 6.20. The number of rotatable bonds is 2. The molecule has 2 atom stereocenters. The third-order valence-electron chi connectivity index (χ3n) is 4.23. The van der Waals surface area contributed by atoms with Crippen molar-refractivity contribution in [3.05, 3.63) is 41.1 Å². The van der Waals surface area contributed by atoms with Gasteiger partial charge in [-0.15, -0.1) is 0 Å². The van der Waals surface area contributed by atoms with Gasteiger partial charge in [0.05, 0.1) is 5.02 Å². The van der Waals surface area contributed by atoms with E-state index in [9.17, 15) is 4.79 Å². The molecule has 23 heavy (non-hydrogen) atoms. The second kappa shape index (κ2) is 6.28. The van der Waals surface area contributed by atoms with Gasteiger partial charge in [-0.25, -0.2) is 0 Å². The van der Waals surface area contributed by atoms with Crippen molar-refractivity contribution in [1.29, 1.82) is 0 Å². The van der Waals surface area contributed by atoms with Gasteiger partial charge in [0.1, 0.15) is 5.76 Å². The Morgan fingerprint density at radius 3 is 2.61 bits per heavy atom. The fraction of sp³-hybridized carbons (Fsp3) is 0.389. The van der Waals surface area contributed by atoms with E-state index in [2.05, 4.69) is 13.8 Å². The lowest BCUT2D eigenvalue weighted by molar-refractivity contribution is 0.0592. The van der Waals surface area contributed by atoms with Crippen LogP contribution in [0.2, 0.25) is 5.02 Å². The Morgan fingerprint density at radius 1 is 1.22 bits per heavy atom. The first-order valence-electron chi connectivity index (χ1n) is 7.88. The fourth-order valence-electron chi connectivity index (χ4n) is 3.31. The molecule has 1 aliphatic heterocycles. The number of benzene rings is 1. The lowest BCUT2D eigenvalue weighted by Crippen LogP contribution is -2.42. The van der Waals surface area contributed by atoms with Crippen LogP contribution < -0.4 is 5.73 Å². The normalized spacial score (nSPS) is 21.4. The minimum absolute atomic E-state index is 0.0605. The maximum atomic E-state index is 12.7. The van der Waals surface area contributed by atoms with Crippen LogP contribution >= 0.6 is 11.6 Å². The maximum absolute atomic E-state index is 12.7. The van der Waals surface area contributed by atoms with Crippen molar-refractivity contribution in [3.8, 4) is 11.3 Å². The fourth-order valence-corrected chi connectivity index (χ4v) is 3.52. The molecule has 1 amide bonds. The number of halogens is 1. The summed E-state index contributed by atoms with van der Waals surface area (Å²) in [6.07, 6.45) is 1.16. The SMILES string of the molecule is CC1CC(C)CN(C(=O)c2ccc(-c3cc(N)ccc3Cl)o2)C1. The molecule has 1 saturated heterocycles. The molecule has 0 radical (unpaired) electrons. The highest BCUT2D eigenvalue weighted by atomic mass is 35.5. The van der Waals surface area contributed by atoms with E-state index >= 15 is 0 Å². The van der Waals surface area contributed by atoms with Gasteiger partial charge in [0, 0.05) is 24.3 Å². The Bertz CT molecular complexity index is 716. The molecule has 0 spiro atoms. The van der Waals surface area contributed by atoms with E-state index in [0.717, 1.165) is 19.5 Å². The molecule has 1 aromatic carbocycles. The summed E-state index contributed by atoms with van der Waals surface area (Å²) in [4.78, 5) is 14.5. The zero-order valence-electron chi connectivity index (χ0n) is 13.4. The van der Waals surface area contributed by atoms with E-state index in [-0.39, 0.29) is 5.91 Å². The van der Waals surface area contributed by atoms with Crippen LogP contribution in [0.4, 0.5) is 5.69 Å². The predicted molar refractivity (Wildman–Crippen MR) is 92.4 cm³/mol. The first-order valence-corrected chi connectivity index (χ1v) is 8.26. The second-order valence-corrected chi connectivity index (χ2v) is 6.97. The van der Waals surface area contributed by atoms with Crippen LogP contribution in [-0.2, 0) is 0 Å². The van der Waals surface area contributed by atoms with Crippen molar-refractivity contribution in [3.63, 3.8) is 0 Å². The molecule has 2 aromatic rings. The first kappa shape index (κ1) is 15.9. The molecule has 2 unspecified atom stereocenters. The summed E-state index contributed by atoms with van der Waals surface area (Å²) in [6.45, 7) is 5.91. The molecule has 1 aliphatic rings. The predicted octanol–water partition coefficient (Wildman–Crippen LogP) is 4.30. The number of nitrogen functional groups attached to an aromatic ring is 1. The monoisotopic (exact) mass is 332 g/mol. The van der Waals surface area contributed by atoms with Crippen LogP contribution in [0.5, 0.6) is 0 Å². The molecule has 2 N–H and O–H groups in total. The zero-order valence-corrected chi connectivity index (χ0v) is 14.1. The minimum Gasteiger partial charge on any atom is -0.451 e. The third-order valence-corrected chi connectivity index (χ3v) is 4.56. The van der Waals surface area contributed by atoms with E-state index in [1.807, 2.05) is 4.90 Å². The maximum Gasteiger partial charge on any atom is 0.289 e. The van der Waals surface area contributed by atoms with E-state index in [1.54, 1.807) is 30.3 Å². The molecule has 3 rings (SSSR count). The Hall–Kier alpha value is -1.94. The molecule has 2 heterocycles. The molecule has 0 bridgehead atoms. The zero-order chi connectivity index (χ0) is 16.6. The average molecular weight is 333 g/mol. The van der Waals surface area contributed by atoms with Gasteiger partial charge in [0.2, 0.25) is 0 Å². The van der Waals surface area contributed by atoms with Gasteiger partial charge in [-0.1, -0.05) is 25.4 Å². The smallest absolute Gasteiger partial charge is 0.289 e. The number of anilines is 1. The highest BCUT2D eigenvalue weighted by Gasteiger charge is 2.28. The van der Waals surface area contributed by atoms with E-state index in [4.69, 9.17) is 21.8 Å². The van der Waals surface area contributed by atoms with E-state index < -0.39 is 0 Å². The number of piperidine rings is 1. The summed E-state index contributed by atoms with van der Waals surface area (Å²) in [5.41, 5.74) is 7.11. The van der Waals surface area contributed by atoms with Gasteiger partial charge in [0.25, 0.3) is 5.91 Å². The van der Waals surface area contributed by atoms with Crippen LogP contribution in [0.1, 0.15) is 30.8 Å².